The highest BCUT2D eigenvalue weighted by molar-refractivity contribution is 6.12. The highest BCUT2D eigenvalue weighted by Gasteiger charge is 2.23. The molecule has 0 aliphatic rings. The number of nitrogens with zero attached hydrogens (tertiary/aromatic N) is 1. The Labute approximate surface area is 138 Å². The molecule has 0 atom stereocenters. The van der Waals surface area contributed by atoms with Crippen molar-refractivity contribution in [2.45, 2.75) is 6.92 Å². The van der Waals surface area contributed by atoms with Crippen LogP contribution in [0.25, 0.3) is 10.9 Å². The number of benzene rings is 2. The van der Waals surface area contributed by atoms with Crippen LogP contribution in [-0.4, -0.2) is 23.5 Å². The lowest BCUT2D eigenvalue weighted by Gasteiger charge is -2.08. The Morgan fingerprint density at radius 3 is 2.38 bits per heavy atom. The summed E-state index contributed by atoms with van der Waals surface area (Å²) in [6.45, 7) is 1.73. The van der Waals surface area contributed by atoms with Gasteiger partial charge < -0.3 is 4.74 Å². The van der Waals surface area contributed by atoms with Crippen molar-refractivity contribution in [1.82, 2.24) is 9.99 Å². The molecule has 0 radical (unpaired) electrons. The van der Waals surface area contributed by atoms with E-state index in [9.17, 15) is 9.59 Å². The third-order valence-corrected chi connectivity index (χ3v) is 4.01. The van der Waals surface area contributed by atoms with Crippen LogP contribution in [0.4, 0.5) is 0 Å². The number of nitrogens with two attached hydrogens (primary N) is 1. The number of amides is 1. The molecule has 0 spiro atoms. The van der Waals surface area contributed by atoms with Gasteiger partial charge in [-0.05, 0) is 37.3 Å². The summed E-state index contributed by atoms with van der Waals surface area (Å²) < 4.78 is 6.64. The molecular formula is C18H17N3O3. The minimum absolute atomic E-state index is 0.220. The molecule has 122 valence electrons. The Morgan fingerprint density at radius 1 is 1.08 bits per heavy atom. The molecule has 0 bridgehead atoms. The summed E-state index contributed by atoms with van der Waals surface area (Å²) in [6, 6.07) is 14.1. The van der Waals surface area contributed by atoms with Crippen LogP contribution in [0.1, 0.15) is 26.4 Å². The van der Waals surface area contributed by atoms with E-state index in [-0.39, 0.29) is 5.91 Å². The number of hydrazine groups is 1. The number of nitrogen functional groups attached to an aromatic ring is 1. The largest absolute Gasteiger partial charge is 0.497 e. The number of aromatic nitrogens is 1. The predicted octanol–water partition coefficient (Wildman–Crippen LogP) is 2.25. The molecule has 0 unspecified atom stereocenters. The van der Waals surface area contributed by atoms with E-state index in [0.29, 0.717) is 33.5 Å². The van der Waals surface area contributed by atoms with Gasteiger partial charge in [-0.15, -0.1) is 0 Å². The fourth-order valence-electron chi connectivity index (χ4n) is 2.85. The average Bonchev–Trinajstić information content (AvgIpc) is 2.92. The maximum absolute atomic E-state index is 13.0. The van der Waals surface area contributed by atoms with Crippen LogP contribution in [0.2, 0.25) is 0 Å². The molecule has 1 heterocycles. The molecule has 0 aliphatic carbocycles. The Kier molecular flexibility index (Phi) is 4.05. The summed E-state index contributed by atoms with van der Waals surface area (Å²) in [5.74, 6) is 5.31. The number of para-hydroxylation sites is 1. The second kappa shape index (κ2) is 6.17. The normalized spacial score (nSPS) is 10.6. The van der Waals surface area contributed by atoms with Crippen LogP contribution in [0.5, 0.6) is 5.75 Å². The standard InChI is InChI=1S/C18H17N3O3/c1-11-16(17(22)20-19)14-5-3-4-6-15(14)21(11)18(23)12-7-9-13(24-2)10-8-12/h3-10H,19H2,1-2H3,(H,20,22). The van der Waals surface area contributed by atoms with E-state index in [4.69, 9.17) is 10.6 Å². The first-order valence-electron chi connectivity index (χ1n) is 7.38. The van der Waals surface area contributed by atoms with Crippen LogP contribution in [-0.2, 0) is 0 Å². The molecule has 24 heavy (non-hydrogen) atoms. The number of nitrogens with one attached hydrogen (secondary N) is 1. The summed E-state index contributed by atoms with van der Waals surface area (Å²) in [6.07, 6.45) is 0. The number of rotatable bonds is 3. The van der Waals surface area contributed by atoms with Gasteiger partial charge in [-0.2, -0.15) is 0 Å². The number of carbonyl (C=O) groups is 2. The molecule has 0 fully saturated rings. The van der Waals surface area contributed by atoms with Gasteiger partial charge >= 0.3 is 0 Å². The molecule has 3 rings (SSSR count). The van der Waals surface area contributed by atoms with E-state index in [1.807, 2.05) is 12.1 Å². The Bertz CT molecular complexity index is 927. The van der Waals surface area contributed by atoms with Gasteiger partial charge in [0.05, 0.1) is 18.2 Å². The van der Waals surface area contributed by atoms with E-state index in [0.717, 1.165) is 0 Å². The van der Waals surface area contributed by atoms with Crippen molar-refractivity contribution in [3.05, 3.63) is 65.4 Å². The van der Waals surface area contributed by atoms with Gasteiger partial charge in [-0.3, -0.25) is 19.6 Å². The van der Waals surface area contributed by atoms with Gasteiger partial charge in [-0.25, -0.2) is 5.84 Å². The predicted molar refractivity (Wildman–Crippen MR) is 91.1 cm³/mol. The number of hydrogen-bond donors (Lipinski definition) is 2. The van der Waals surface area contributed by atoms with Crippen LogP contribution in [0, 0.1) is 6.92 Å². The first kappa shape index (κ1) is 15.8. The lowest BCUT2D eigenvalue weighted by Crippen LogP contribution is -2.30. The maximum Gasteiger partial charge on any atom is 0.267 e. The van der Waals surface area contributed by atoms with Gasteiger partial charge in [-0.1, -0.05) is 18.2 Å². The first-order valence-corrected chi connectivity index (χ1v) is 7.38. The van der Waals surface area contributed by atoms with Gasteiger partial charge in [0.15, 0.2) is 0 Å². The van der Waals surface area contributed by atoms with Crippen molar-refractivity contribution in [1.29, 1.82) is 0 Å². The SMILES string of the molecule is COc1ccc(C(=O)n2c(C)c(C(=O)NN)c3ccccc32)cc1. The van der Waals surface area contributed by atoms with Crippen molar-refractivity contribution in [3.63, 3.8) is 0 Å². The number of carbonyl (C=O) groups excluding carboxylic acids is 2. The summed E-state index contributed by atoms with van der Waals surface area (Å²) >= 11 is 0. The quantitative estimate of drug-likeness (QED) is 0.440. The minimum atomic E-state index is -0.426. The highest BCUT2D eigenvalue weighted by Crippen LogP contribution is 2.27. The average molecular weight is 323 g/mol. The van der Waals surface area contributed by atoms with Crippen molar-refractivity contribution >= 4 is 22.7 Å². The van der Waals surface area contributed by atoms with Crippen LogP contribution in [0.15, 0.2) is 48.5 Å². The second-order valence-corrected chi connectivity index (χ2v) is 5.32. The molecule has 0 saturated heterocycles. The highest BCUT2D eigenvalue weighted by atomic mass is 16.5. The van der Waals surface area contributed by atoms with Crippen LogP contribution >= 0.6 is 0 Å². The molecular weight excluding hydrogens is 306 g/mol. The van der Waals surface area contributed by atoms with E-state index in [1.165, 1.54) is 4.57 Å². The minimum Gasteiger partial charge on any atom is -0.497 e. The van der Waals surface area contributed by atoms with Crippen LogP contribution < -0.4 is 16.0 Å². The molecule has 1 amide bonds. The Hall–Kier alpha value is -3.12. The summed E-state index contributed by atoms with van der Waals surface area (Å²) in [4.78, 5) is 25.1. The van der Waals surface area contributed by atoms with Crippen molar-refractivity contribution in [2.75, 3.05) is 7.11 Å². The number of fused-ring (bicyclic) bond motifs is 1. The van der Waals surface area contributed by atoms with E-state index in [1.54, 1.807) is 50.4 Å². The van der Waals surface area contributed by atoms with Gasteiger partial charge in [0.2, 0.25) is 0 Å². The van der Waals surface area contributed by atoms with Gasteiger partial charge in [0.1, 0.15) is 5.75 Å². The first-order chi connectivity index (χ1) is 11.6. The molecule has 6 heteroatoms. The Morgan fingerprint density at radius 2 is 1.75 bits per heavy atom. The molecule has 6 nitrogen and oxygen atoms in total. The van der Waals surface area contributed by atoms with E-state index >= 15 is 0 Å². The number of methoxy groups -OCH3 is 1. The lowest BCUT2D eigenvalue weighted by molar-refractivity contribution is 0.0954. The zero-order valence-corrected chi connectivity index (χ0v) is 13.4. The zero-order chi connectivity index (χ0) is 17.3. The van der Waals surface area contributed by atoms with Gasteiger partial charge in [0, 0.05) is 16.6 Å². The molecule has 2 aromatic carbocycles. The Balaban J connectivity index is 2.20. The summed E-state index contributed by atoms with van der Waals surface area (Å²) in [5.41, 5.74) is 4.24. The van der Waals surface area contributed by atoms with E-state index in [2.05, 4.69) is 5.43 Å². The monoisotopic (exact) mass is 323 g/mol. The van der Waals surface area contributed by atoms with Gasteiger partial charge in [0.25, 0.3) is 11.8 Å². The van der Waals surface area contributed by atoms with Crippen molar-refractivity contribution < 1.29 is 14.3 Å². The van der Waals surface area contributed by atoms with Crippen LogP contribution in [0.3, 0.4) is 0 Å². The molecule has 0 saturated carbocycles. The maximum atomic E-state index is 13.0. The third kappa shape index (κ3) is 2.43. The molecule has 1 aromatic heterocycles. The smallest absolute Gasteiger partial charge is 0.267 e. The molecule has 0 aliphatic heterocycles. The summed E-state index contributed by atoms with van der Waals surface area (Å²) in [7, 11) is 1.57. The fraction of sp³-hybridized carbons (Fsp3) is 0.111. The topological polar surface area (TPSA) is 86.3 Å². The number of ether oxygens (including phenoxy) is 1. The molecule has 3 N–H and O–H groups in total. The third-order valence-electron chi connectivity index (χ3n) is 4.01. The van der Waals surface area contributed by atoms with Crippen molar-refractivity contribution in [3.8, 4) is 5.75 Å². The summed E-state index contributed by atoms with van der Waals surface area (Å²) in [5, 5.41) is 0.680. The van der Waals surface area contributed by atoms with Crippen molar-refractivity contribution in [2.24, 2.45) is 5.84 Å². The molecule has 3 aromatic rings. The second-order valence-electron chi connectivity index (χ2n) is 5.32. The lowest BCUT2D eigenvalue weighted by atomic mass is 10.1. The fourth-order valence-corrected chi connectivity index (χ4v) is 2.85. The van der Waals surface area contributed by atoms with E-state index < -0.39 is 5.91 Å². The number of hydrogen-bond acceptors (Lipinski definition) is 4. The zero-order valence-electron chi connectivity index (χ0n) is 13.4.